The van der Waals surface area contributed by atoms with Crippen LogP contribution in [0.2, 0.25) is 0 Å². The Morgan fingerprint density at radius 1 is 1.16 bits per heavy atom. The molecule has 1 aromatic carbocycles. The molecule has 1 N–H and O–H groups in total. The van der Waals surface area contributed by atoms with Gasteiger partial charge in [-0.05, 0) is 43.2 Å². The standard InChI is InChI=1S/C30H40N4O3/c1-20(2)15-23-24(30(23)17-22(18-31-19-30)29(36)33-11-13-37-14-12-33)16-27(35)28-32-25-5-3-4-6-26(25)34(28)10-9-21-7-8-21/h3-6,20-22,31H,7-19H2,1-2H3/t22-,30-/m1/s1. The Morgan fingerprint density at radius 3 is 2.70 bits per heavy atom. The van der Waals surface area contributed by atoms with Gasteiger partial charge in [0.05, 0.1) is 30.2 Å². The van der Waals surface area contributed by atoms with Crippen molar-refractivity contribution >= 4 is 22.7 Å². The van der Waals surface area contributed by atoms with Crippen LogP contribution in [0.25, 0.3) is 11.0 Å². The topological polar surface area (TPSA) is 76.5 Å². The molecule has 0 bridgehead atoms. The Bertz CT molecular complexity index is 1220. The van der Waals surface area contributed by atoms with Crippen LogP contribution in [-0.2, 0) is 16.1 Å². The van der Waals surface area contributed by atoms with Crippen molar-refractivity contribution in [1.29, 1.82) is 0 Å². The van der Waals surface area contributed by atoms with Gasteiger partial charge in [-0.1, -0.05) is 50.0 Å². The third-order valence-electron chi connectivity index (χ3n) is 8.85. The number of carbonyl (C=O) groups excluding carboxylic acids is 2. The average molecular weight is 505 g/mol. The number of piperidine rings is 1. The molecule has 198 valence electrons. The minimum Gasteiger partial charge on any atom is -0.378 e. The number of amides is 1. The monoisotopic (exact) mass is 504 g/mol. The fourth-order valence-electron chi connectivity index (χ4n) is 6.67. The molecule has 0 radical (unpaired) electrons. The summed E-state index contributed by atoms with van der Waals surface area (Å²) >= 11 is 0. The summed E-state index contributed by atoms with van der Waals surface area (Å²) in [6.45, 7) is 9.48. The van der Waals surface area contributed by atoms with Crippen molar-refractivity contribution in [2.75, 3.05) is 39.4 Å². The smallest absolute Gasteiger partial charge is 0.227 e. The van der Waals surface area contributed by atoms with E-state index in [0.29, 0.717) is 51.0 Å². The maximum Gasteiger partial charge on any atom is 0.227 e. The van der Waals surface area contributed by atoms with E-state index in [2.05, 4.69) is 29.8 Å². The van der Waals surface area contributed by atoms with Gasteiger partial charge in [0.2, 0.25) is 11.7 Å². The highest BCUT2D eigenvalue weighted by molar-refractivity contribution is 5.99. The minimum atomic E-state index is -0.129. The molecule has 37 heavy (non-hydrogen) atoms. The van der Waals surface area contributed by atoms with Gasteiger partial charge in [-0.3, -0.25) is 9.59 Å². The van der Waals surface area contributed by atoms with Crippen LogP contribution < -0.4 is 5.32 Å². The highest BCUT2D eigenvalue weighted by Crippen LogP contribution is 2.61. The Hall–Kier alpha value is -2.51. The van der Waals surface area contributed by atoms with Gasteiger partial charge < -0.3 is 19.5 Å². The number of hydrogen-bond donors (Lipinski definition) is 1. The molecule has 3 fully saturated rings. The molecule has 1 amide bonds. The second-order valence-corrected chi connectivity index (χ2v) is 12.0. The number of nitrogens with zero attached hydrogens (tertiary/aromatic N) is 3. The number of imidazole rings is 1. The summed E-state index contributed by atoms with van der Waals surface area (Å²) in [7, 11) is 0. The summed E-state index contributed by atoms with van der Waals surface area (Å²) in [4.78, 5) is 34.0. The number of hydrogen-bond acceptors (Lipinski definition) is 5. The quantitative estimate of drug-likeness (QED) is 0.409. The Kier molecular flexibility index (Phi) is 6.70. The molecule has 2 atom stereocenters. The first-order valence-corrected chi connectivity index (χ1v) is 14.2. The zero-order chi connectivity index (χ0) is 25.6. The Labute approximate surface area is 219 Å². The number of carbonyl (C=O) groups is 2. The van der Waals surface area contributed by atoms with Crippen LogP contribution >= 0.6 is 0 Å². The average Bonchev–Trinajstić information content (AvgIpc) is 3.80. The number of aromatic nitrogens is 2. The summed E-state index contributed by atoms with van der Waals surface area (Å²) in [6.07, 6.45) is 5.94. The predicted molar refractivity (Wildman–Crippen MR) is 143 cm³/mol. The van der Waals surface area contributed by atoms with Gasteiger partial charge in [0.1, 0.15) is 0 Å². The summed E-state index contributed by atoms with van der Waals surface area (Å²) in [5.41, 5.74) is 4.50. The van der Waals surface area contributed by atoms with Crippen molar-refractivity contribution in [2.24, 2.45) is 23.2 Å². The summed E-state index contributed by atoms with van der Waals surface area (Å²) < 4.78 is 7.62. The molecule has 2 aliphatic heterocycles. The first-order chi connectivity index (χ1) is 18.0. The van der Waals surface area contributed by atoms with Gasteiger partial charge in [0, 0.05) is 44.6 Å². The number of aryl methyl sites for hydroxylation is 1. The molecule has 4 aliphatic rings. The normalized spacial score (nSPS) is 25.9. The van der Waals surface area contributed by atoms with Crippen LogP contribution in [0.15, 0.2) is 35.4 Å². The number of nitrogens with one attached hydrogen (secondary N) is 1. The molecule has 7 heteroatoms. The van der Waals surface area contributed by atoms with Crippen LogP contribution in [0.4, 0.5) is 0 Å². The molecule has 1 spiro atoms. The van der Waals surface area contributed by atoms with Gasteiger partial charge in [-0.15, -0.1) is 0 Å². The van der Waals surface area contributed by atoms with E-state index in [9.17, 15) is 9.59 Å². The molecule has 6 rings (SSSR count). The molecular weight excluding hydrogens is 464 g/mol. The van der Waals surface area contributed by atoms with Gasteiger partial charge >= 0.3 is 0 Å². The third kappa shape index (κ3) is 4.88. The summed E-state index contributed by atoms with van der Waals surface area (Å²) in [5, 5.41) is 3.57. The molecule has 3 heterocycles. The van der Waals surface area contributed by atoms with E-state index >= 15 is 0 Å². The fraction of sp³-hybridized carbons (Fsp3) is 0.633. The number of morpholine rings is 1. The van der Waals surface area contributed by atoms with Gasteiger partial charge in [0.25, 0.3) is 0 Å². The predicted octanol–water partition coefficient (Wildman–Crippen LogP) is 4.22. The molecule has 1 aromatic heterocycles. The van der Waals surface area contributed by atoms with E-state index in [-0.39, 0.29) is 23.0 Å². The van der Waals surface area contributed by atoms with Crippen molar-refractivity contribution < 1.29 is 14.3 Å². The van der Waals surface area contributed by atoms with Crippen molar-refractivity contribution in [3.8, 4) is 0 Å². The van der Waals surface area contributed by atoms with E-state index in [1.807, 2.05) is 23.1 Å². The van der Waals surface area contributed by atoms with Crippen molar-refractivity contribution in [2.45, 2.75) is 58.9 Å². The number of ether oxygens (including phenoxy) is 1. The van der Waals surface area contributed by atoms with Crippen molar-refractivity contribution in [3.63, 3.8) is 0 Å². The largest absolute Gasteiger partial charge is 0.378 e. The van der Waals surface area contributed by atoms with E-state index in [1.54, 1.807) is 0 Å². The van der Waals surface area contributed by atoms with Gasteiger partial charge in [-0.2, -0.15) is 0 Å². The first-order valence-electron chi connectivity index (χ1n) is 14.2. The third-order valence-corrected chi connectivity index (χ3v) is 8.85. The van der Waals surface area contributed by atoms with Crippen LogP contribution in [-0.4, -0.2) is 65.5 Å². The molecular formula is C30H40N4O3. The zero-order valence-electron chi connectivity index (χ0n) is 22.3. The molecule has 2 aromatic rings. The van der Waals surface area contributed by atoms with E-state index < -0.39 is 0 Å². The molecule has 0 unspecified atom stereocenters. The van der Waals surface area contributed by atoms with Crippen LogP contribution in [0.5, 0.6) is 0 Å². The van der Waals surface area contributed by atoms with E-state index in [0.717, 1.165) is 49.3 Å². The number of para-hydroxylation sites is 2. The first kappa shape index (κ1) is 24.8. The van der Waals surface area contributed by atoms with Crippen LogP contribution in [0.1, 0.15) is 63.0 Å². The van der Waals surface area contributed by atoms with E-state index in [1.165, 1.54) is 24.0 Å². The SMILES string of the molecule is CC(C)CC1=C(CC(=O)c2nc3ccccc3n2CCC2CC2)[C@]12CNC[C@H](C(=O)N1CCOCC1)C2. The maximum atomic E-state index is 13.8. The van der Waals surface area contributed by atoms with Crippen molar-refractivity contribution in [1.82, 2.24) is 19.8 Å². The maximum absolute atomic E-state index is 13.8. The van der Waals surface area contributed by atoms with Crippen LogP contribution in [0, 0.1) is 23.2 Å². The lowest BCUT2D eigenvalue weighted by molar-refractivity contribution is -0.140. The number of fused-ring (bicyclic) bond motifs is 1. The lowest BCUT2D eigenvalue weighted by atomic mass is 9.79. The molecule has 2 aliphatic carbocycles. The Morgan fingerprint density at radius 2 is 1.95 bits per heavy atom. The number of rotatable bonds is 9. The molecule has 1 saturated carbocycles. The number of Topliss-reactive ketones (excluding diaryl/α,β-unsaturated/α-hetero) is 1. The zero-order valence-corrected chi connectivity index (χ0v) is 22.3. The minimum absolute atomic E-state index is 0.0512. The summed E-state index contributed by atoms with van der Waals surface area (Å²) in [6, 6.07) is 8.12. The Balaban J connectivity index is 1.23. The number of ketones is 1. The molecule has 7 nitrogen and oxygen atoms in total. The molecule has 2 saturated heterocycles. The van der Waals surface area contributed by atoms with E-state index in [4.69, 9.17) is 9.72 Å². The highest BCUT2D eigenvalue weighted by Gasteiger charge is 2.56. The lowest BCUT2D eigenvalue weighted by Crippen LogP contribution is -2.50. The second-order valence-electron chi connectivity index (χ2n) is 12.0. The summed E-state index contributed by atoms with van der Waals surface area (Å²) in [5.74, 6) is 2.21. The number of benzene rings is 1. The van der Waals surface area contributed by atoms with Crippen LogP contribution in [0.3, 0.4) is 0 Å². The fourth-order valence-corrected chi connectivity index (χ4v) is 6.67. The highest BCUT2D eigenvalue weighted by atomic mass is 16.5. The lowest BCUT2D eigenvalue weighted by Gasteiger charge is -2.36. The van der Waals surface area contributed by atoms with Gasteiger partial charge in [0.15, 0.2) is 5.82 Å². The van der Waals surface area contributed by atoms with Gasteiger partial charge in [-0.25, -0.2) is 4.98 Å². The van der Waals surface area contributed by atoms with Crippen molar-refractivity contribution in [3.05, 3.63) is 41.2 Å². The second kappa shape index (κ2) is 9.99.